The lowest BCUT2D eigenvalue weighted by molar-refractivity contribution is -0.116. The molecule has 2 heterocycles. The van der Waals surface area contributed by atoms with Crippen LogP contribution in [-0.2, 0) is 4.79 Å². The number of imidazole rings is 1. The minimum atomic E-state index is 0.0775. The molecule has 4 rings (SSSR count). The zero-order valence-corrected chi connectivity index (χ0v) is 14.1. The van der Waals surface area contributed by atoms with Crippen molar-refractivity contribution in [2.45, 2.75) is 19.3 Å². The van der Waals surface area contributed by atoms with E-state index in [0.29, 0.717) is 12.3 Å². The van der Waals surface area contributed by atoms with Crippen LogP contribution in [0.25, 0.3) is 22.4 Å². The maximum absolute atomic E-state index is 12.2. The van der Waals surface area contributed by atoms with E-state index in [1.54, 1.807) is 0 Å². The summed E-state index contributed by atoms with van der Waals surface area (Å²) in [7, 11) is 0. The molecule has 0 radical (unpaired) electrons. The largest absolute Gasteiger partial charge is 0.338 e. The minimum absolute atomic E-state index is 0.0775. The number of nitrogens with one attached hydrogen (secondary N) is 3. The van der Waals surface area contributed by atoms with E-state index in [2.05, 4.69) is 20.6 Å². The van der Waals surface area contributed by atoms with Gasteiger partial charge in [-0.2, -0.15) is 0 Å². The number of para-hydroxylation sites is 2. The van der Waals surface area contributed by atoms with Crippen LogP contribution in [-0.4, -0.2) is 29.0 Å². The molecule has 3 N–H and O–H groups in total. The summed E-state index contributed by atoms with van der Waals surface area (Å²) >= 11 is 0. The van der Waals surface area contributed by atoms with Crippen molar-refractivity contribution in [3.63, 3.8) is 0 Å². The van der Waals surface area contributed by atoms with Gasteiger partial charge in [0, 0.05) is 17.7 Å². The van der Waals surface area contributed by atoms with Gasteiger partial charge in [-0.05, 0) is 56.1 Å². The molecule has 25 heavy (non-hydrogen) atoms. The van der Waals surface area contributed by atoms with Crippen LogP contribution >= 0.6 is 0 Å². The summed E-state index contributed by atoms with van der Waals surface area (Å²) in [5.74, 6) is 1.52. The van der Waals surface area contributed by atoms with Gasteiger partial charge in [0.2, 0.25) is 5.91 Å². The summed E-state index contributed by atoms with van der Waals surface area (Å²) in [4.78, 5) is 20.1. The molecule has 3 aromatic rings. The molecule has 1 amide bonds. The first kappa shape index (κ1) is 15.8. The zero-order valence-electron chi connectivity index (χ0n) is 14.1. The predicted octanol–water partition coefficient (Wildman–Crippen LogP) is 3.56. The van der Waals surface area contributed by atoms with Crippen molar-refractivity contribution in [1.29, 1.82) is 0 Å². The molecule has 0 bridgehead atoms. The third-order valence-corrected chi connectivity index (χ3v) is 4.75. The Morgan fingerprint density at radius 3 is 2.96 bits per heavy atom. The molecule has 0 saturated carbocycles. The molecule has 5 nitrogen and oxygen atoms in total. The summed E-state index contributed by atoms with van der Waals surface area (Å²) in [6, 6.07) is 15.8. The Morgan fingerprint density at radius 2 is 2.12 bits per heavy atom. The molecule has 1 saturated heterocycles. The lowest BCUT2D eigenvalue weighted by Gasteiger charge is -2.09. The Labute approximate surface area is 146 Å². The fourth-order valence-corrected chi connectivity index (χ4v) is 3.35. The van der Waals surface area contributed by atoms with Gasteiger partial charge >= 0.3 is 0 Å². The van der Waals surface area contributed by atoms with Gasteiger partial charge in [-0.1, -0.05) is 24.3 Å². The van der Waals surface area contributed by atoms with E-state index in [1.165, 1.54) is 6.42 Å². The summed E-state index contributed by atoms with van der Waals surface area (Å²) in [5, 5.41) is 6.35. The van der Waals surface area contributed by atoms with Crippen LogP contribution in [0, 0.1) is 5.92 Å². The van der Waals surface area contributed by atoms with E-state index in [0.717, 1.165) is 47.6 Å². The second kappa shape index (κ2) is 7.07. The number of hydrogen-bond donors (Lipinski definition) is 3. The molecule has 0 spiro atoms. The van der Waals surface area contributed by atoms with Crippen LogP contribution in [0.5, 0.6) is 0 Å². The Hall–Kier alpha value is -2.66. The number of amides is 1. The Balaban J connectivity index is 1.44. The average Bonchev–Trinajstić information content (AvgIpc) is 3.29. The van der Waals surface area contributed by atoms with E-state index in [-0.39, 0.29) is 5.91 Å². The predicted molar refractivity (Wildman–Crippen MR) is 100 cm³/mol. The average molecular weight is 334 g/mol. The number of H-pyrrole nitrogens is 1. The molecule has 1 atom stereocenters. The number of aromatic amines is 1. The van der Waals surface area contributed by atoms with Crippen molar-refractivity contribution in [3.8, 4) is 11.4 Å². The van der Waals surface area contributed by atoms with Gasteiger partial charge in [0.25, 0.3) is 0 Å². The van der Waals surface area contributed by atoms with E-state index >= 15 is 0 Å². The van der Waals surface area contributed by atoms with Crippen molar-refractivity contribution in [1.82, 2.24) is 15.3 Å². The SMILES string of the molecule is O=C(CCC1CCNC1)Nc1cccc(-c2nc3ccccc3[nH]2)c1. The van der Waals surface area contributed by atoms with Crippen molar-refractivity contribution in [2.24, 2.45) is 5.92 Å². The number of benzene rings is 2. The topological polar surface area (TPSA) is 69.8 Å². The molecule has 1 fully saturated rings. The molecule has 128 valence electrons. The van der Waals surface area contributed by atoms with Crippen LogP contribution in [0.3, 0.4) is 0 Å². The van der Waals surface area contributed by atoms with E-state index < -0.39 is 0 Å². The maximum atomic E-state index is 12.2. The third kappa shape index (κ3) is 3.72. The van der Waals surface area contributed by atoms with Gasteiger partial charge in [-0.25, -0.2) is 4.98 Å². The molecular formula is C20H22N4O. The van der Waals surface area contributed by atoms with E-state index in [9.17, 15) is 4.79 Å². The number of anilines is 1. The maximum Gasteiger partial charge on any atom is 0.224 e. The number of carbonyl (C=O) groups excluding carboxylic acids is 1. The highest BCUT2D eigenvalue weighted by Gasteiger charge is 2.15. The number of rotatable bonds is 5. The van der Waals surface area contributed by atoms with Crippen molar-refractivity contribution in [3.05, 3.63) is 48.5 Å². The Morgan fingerprint density at radius 1 is 1.20 bits per heavy atom. The highest BCUT2D eigenvalue weighted by Crippen LogP contribution is 2.23. The second-order valence-corrected chi connectivity index (χ2v) is 6.63. The van der Waals surface area contributed by atoms with Crippen molar-refractivity contribution >= 4 is 22.6 Å². The summed E-state index contributed by atoms with van der Waals surface area (Å²) in [6.07, 6.45) is 2.69. The summed E-state index contributed by atoms with van der Waals surface area (Å²) < 4.78 is 0. The first-order valence-corrected chi connectivity index (χ1v) is 8.84. The molecule has 1 aromatic heterocycles. The number of nitrogens with zero attached hydrogens (tertiary/aromatic N) is 1. The van der Waals surface area contributed by atoms with Gasteiger partial charge in [-0.3, -0.25) is 4.79 Å². The Kier molecular flexibility index (Phi) is 4.48. The van der Waals surface area contributed by atoms with Gasteiger partial charge in [0.15, 0.2) is 0 Å². The highest BCUT2D eigenvalue weighted by molar-refractivity contribution is 5.91. The van der Waals surface area contributed by atoms with Crippen LogP contribution in [0.4, 0.5) is 5.69 Å². The highest BCUT2D eigenvalue weighted by atomic mass is 16.1. The van der Waals surface area contributed by atoms with Gasteiger partial charge in [0.1, 0.15) is 5.82 Å². The number of fused-ring (bicyclic) bond motifs is 1. The minimum Gasteiger partial charge on any atom is -0.338 e. The van der Waals surface area contributed by atoms with Crippen molar-refractivity contribution in [2.75, 3.05) is 18.4 Å². The zero-order chi connectivity index (χ0) is 17.1. The van der Waals surface area contributed by atoms with Gasteiger partial charge < -0.3 is 15.6 Å². The van der Waals surface area contributed by atoms with Crippen LogP contribution in [0.2, 0.25) is 0 Å². The number of aromatic nitrogens is 2. The quantitative estimate of drug-likeness (QED) is 0.668. The first-order chi connectivity index (χ1) is 12.3. The van der Waals surface area contributed by atoms with Crippen LogP contribution in [0.15, 0.2) is 48.5 Å². The summed E-state index contributed by atoms with van der Waals surface area (Å²) in [6.45, 7) is 2.11. The monoisotopic (exact) mass is 334 g/mol. The number of hydrogen-bond acceptors (Lipinski definition) is 3. The van der Waals surface area contributed by atoms with Crippen molar-refractivity contribution < 1.29 is 4.79 Å². The molecule has 5 heteroatoms. The van der Waals surface area contributed by atoms with E-state index in [4.69, 9.17) is 0 Å². The number of carbonyl (C=O) groups is 1. The fourth-order valence-electron chi connectivity index (χ4n) is 3.35. The fraction of sp³-hybridized carbons (Fsp3) is 0.300. The summed E-state index contributed by atoms with van der Waals surface area (Å²) in [5.41, 5.74) is 3.73. The molecule has 1 unspecified atom stereocenters. The van der Waals surface area contributed by atoms with Gasteiger partial charge in [0.05, 0.1) is 11.0 Å². The molecular weight excluding hydrogens is 312 g/mol. The van der Waals surface area contributed by atoms with Crippen LogP contribution < -0.4 is 10.6 Å². The Bertz CT molecular complexity index is 847. The standard InChI is InChI=1S/C20H22N4O/c25-19(9-8-14-10-11-21-13-14)22-16-5-3-4-15(12-16)20-23-17-6-1-2-7-18(17)24-20/h1-7,12,14,21H,8-11,13H2,(H,22,25)(H,23,24). The normalized spacial score (nSPS) is 17.0. The lowest BCUT2D eigenvalue weighted by Crippen LogP contribution is -2.15. The van der Waals surface area contributed by atoms with Gasteiger partial charge in [-0.15, -0.1) is 0 Å². The molecule has 1 aliphatic heterocycles. The van der Waals surface area contributed by atoms with E-state index in [1.807, 2.05) is 48.5 Å². The third-order valence-electron chi connectivity index (χ3n) is 4.75. The lowest BCUT2D eigenvalue weighted by atomic mass is 10.0. The molecule has 2 aromatic carbocycles. The van der Waals surface area contributed by atoms with Crippen LogP contribution in [0.1, 0.15) is 19.3 Å². The molecule has 0 aliphatic carbocycles. The molecule has 1 aliphatic rings. The second-order valence-electron chi connectivity index (χ2n) is 6.63. The first-order valence-electron chi connectivity index (χ1n) is 8.84. The smallest absolute Gasteiger partial charge is 0.224 e.